The van der Waals surface area contributed by atoms with Gasteiger partial charge in [-0.25, -0.2) is 8.78 Å². The molecule has 0 amide bonds. The Balaban J connectivity index is 1.96. The maximum absolute atomic E-state index is 13.3. The van der Waals surface area contributed by atoms with E-state index in [1.165, 1.54) is 0 Å². The highest BCUT2D eigenvalue weighted by Crippen LogP contribution is 2.29. The molecule has 0 spiro atoms. The van der Waals surface area contributed by atoms with Gasteiger partial charge in [0.05, 0.1) is 11.3 Å². The van der Waals surface area contributed by atoms with Crippen molar-refractivity contribution < 1.29 is 8.78 Å². The number of fused-ring (bicyclic) bond motifs is 2. The van der Waals surface area contributed by atoms with Crippen LogP contribution in [0, 0.1) is 23.0 Å². The smallest absolute Gasteiger partial charge is 0.160 e. The van der Waals surface area contributed by atoms with Gasteiger partial charge in [0.2, 0.25) is 0 Å². The van der Waals surface area contributed by atoms with Crippen LogP contribution in [0.2, 0.25) is 0 Å². The molecule has 2 aliphatic rings. The van der Waals surface area contributed by atoms with E-state index in [2.05, 4.69) is 5.32 Å². The molecule has 2 bridgehead atoms. The van der Waals surface area contributed by atoms with Crippen molar-refractivity contribution in [3.8, 4) is 6.07 Å². The number of nitrogens with one attached hydrogen (secondary N) is 1. The predicted octanol–water partition coefficient (Wildman–Crippen LogP) is 1.78. The number of benzene rings is 1. The number of nitriles is 1. The highest BCUT2D eigenvalue weighted by Gasteiger charge is 2.33. The zero-order chi connectivity index (χ0) is 12.7. The lowest BCUT2D eigenvalue weighted by Crippen LogP contribution is -2.51. The van der Waals surface area contributed by atoms with E-state index in [0.717, 1.165) is 38.1 Å². The van der Waals surface area contributed by atoms with Crippen LogP contribution in [-0.4, -0.2) is 25.2 Å². The Morgan fingerprint density at radius 2 is 1.78 bits per heavy atom. The van der Waals surface area contributed by atoms with Gasteiger partial charge in [-0.15, -0.1) is 0 Å². The van der Waals surface area contributed by atoms with Crippen LogP contribution in [0.1, 0.15) is 18.4 Å². The molecule has 3 nitrogen and oxygen atoms in total. The summed E-state index contributed by atoms with van der Waals surface area (Å²) in [4.78, 5) is 1.99. The lowest BCUT2D eigenvalue weighted by Gasteiger charge is -2.35. The first kappa shape index (κ1) is 11.4. The molecule has 2 fully saturated rings. The maximum Gasteiger partial charge on any atom is 0.160 e. The van der Waals surface area contributed by atoms with Crippen LogP contribution in [-0.2, 0) is 0 Å². The Labute approximate surface area is 104 Å². The van der Waals surface area contributed by atoms with Crippen molar-refractivity contribution in [2.45, 2.75) is 24.9 Å². The average Bonchev–Trinajstić information content (AvgIpc) is 2.71. The van der Waals surface area contributed by atoms with Gasteiger partial charge in [-0.1, -0.05) is 0 Å². The van der Waals surface area contributed by atoms with Crippen LogP contribution in [0.15, 0.2) is 12.1 Å². The van der Waals surface area contributed by atoms with E-state index in [4.69, 9.17) is 5.26 Å². The van der Waals surface area contributed by atoms with E-state index in [1.807, 2.05) is 11.0 Å². The monoisotopic (exact) mass is 249 g/mol. The van der Waals surface area contributed by atoms with Crippen molar-refractivity contribution >= 4 is 5.69 Å². The molecule has 2 atom stereocenters. The summed E-state index contributed by atoms with van der Waals surface area (Å²) in [5.41, 5.74) is 0.713. The van der Waals surface area contributed by atoms with E-state index in [9.17, 15) is 8.78 Å². The minimum atomic E-state index is -0.964. The number of anilines is 1. The Morgan fingerprint density at radius 1 is 1.17 bits per heavy atom. The van der Waals surface area contributed by atoms with Crippen molar-refractivity contribution in [1.82, 2.24) is 5.32 Å². The van der Waals surface area contributed by atoms with Crippen LogP contribution in [0.25, 0.3) is 0 Å². The molecule has 2 saturated heterocycles. The van der Waals surface area contributed by atoms with Gasteiger partial charge in [0, 0.05) is 31.2 Å². The largest absolute Gasteiger partial charge is 0.367 e. The third-order valence-electron chi connectivity index (χ3n) is 3.72. The summed E-state index contributed by atoms with van der Waals surface area (Å²) >= 11 is 0. The summed E-state index contributed by atoms with van der Waals surface area (Å²) in [5, 5.41) is 12.5. The van der Waals surface area contributed by atoms with Gasteiger partial charge < -0.3 is 10.2 Å². The highest BCUT2D eigenvalue weighted by molar-refractivity contribution is 5.60. The second-order valence-corrected chi connectivity index (χ2v) is 4.94. The Bertz CT molecular complexity index is 512. The van der Waals surface area contributed by atoms with Gasteiger partial charge >= 0.3 is 0 Å². The first-order chi connectivity index (χ1) is 8.67. The van der Waals surface area contributed by atoms with E-state index in [1.54, 1.807) is 0 Å². The highest BCUT2D eigenvalue weighted by atomic mass is 19.2. The summed E-state index contributed by atoms with van der Waals surface area (Å²) < 4.78 is 26.5. The lowest BCUT2D eigenvalue weighted by molar-refractivity contribution is 0.463. The molecule has 1 aromatic rings. The molecule has 2 unspecified atom stereocenters. The number of hydrogen-bond donors (Lipinski definition) is 1. The van der Waals surface area contributed by atoms with E-state index in [0.29, 0.717) is 17.8 Å². The summed E-state index contributed by atoms with van der Waals surface area (Å²) in [6.07, 6.45) is 2.21. The second-order valence-electron chi connectivity index (χ2n) is 4.94. The molecule has 1 aromatic carbocycles. The third kappa shape index (κ3) is 1.83. The number of rotatable bonds is 1. The number of nitrogens with zero attached hydrogens (tertiary/aromatic N) is 2. The molecule has 0 saturated carbocycles. The molecule has 18 heavy (non-hydrogen) atoms. The van der Waals surface area contributed by atoms with E-state index < -0.39 is 11.6 Å². The van der Waals surface area contributed by atoms with Crippen LogP contribution >= 0.6 is 0 Å². The quantitative estimate of drug-likeness (QED) is 0.824. The molecule has 0 aliphatic carbocycles. The van der Waals surface area contributed by atoms with Gasteiger partial charge in [-0.05, 0) is 18.9 Å². The molecule has 2 aliphatic heterocycles. The predicted molar refractivity (Wildman–Crippen MR) is 63.2 cm³/mol. The van der Waals surface area contributed by atoms with Crippen LogP contribution in [0.5, 0.6) is 0 Å². The molecular formula is C13H13F2N3. The average molecular weight is 249 g/mol. The topological polar surface area (TPSA) is 39.1 Å². The van der Waals surface area contributed by atoms with Crippen LogP contribution in [0.3, 0.4) is 0 Å². The number of hydrogen-bond acceptors (Lipinski definition) is 3. The summed E-state index contributed by atoms with van der Waals surface area (Å²) in [6.45, 7) is 1.49. The minimum Gasteiger partial charge on any atom is -0.367 e. The van der Waals surface area contributed by atoms with Crippen molar-refractivity contribution in [2.24, 2.45) is 0 Å². The normalized spacial score (nSPS) is 26.2. The molecule has 0 radical (unpaired) electrons. The van der Waals surface area contributed by atoms with Crippen molar-refractivity contribution in [2.75, 3.05) is 18.0 Å². The molecule has 0 aromatic heterocycles. The first-order valence-corrected chi connectivity index (χ1v) is 6.07. The number of piperazine rings is 1. The Hall–Kier alpha value is -1.67. The van der Waals surface area contributed by atoms with E-state index in [-0.39, 0.29) is 5.56 Å². The zero-order valence-corrected chi connectivity index (χ0v) is 9.79. The summed E-state index contributed by atoms with van der Waals surface area (Å²) in [5.74, 6) is -1.86. The maximum atomic E-state index is 13.3. The van der Waals surface area contributed by atoms with Crippen molar-refractivity contribution in [3.63, 3.8) is 0 Å². The SMILES string of the molecule is N#Cc1cc(F)c(F)cc1N1CC2CCC(C1)N2. The third-order valence-corrected chi connectivity index (χ3v) is 3.72. The van der Waals surface area contributed by atoms with Gasteiger partial charge in [-0.2, -0.15) is 5.26 Å². The summed E-state index contributed by atoms with van der Waals surface area (Å²) in [7, 11) is 0. The van der Waals surface area contributed by atoms with Crippen molar-refractivity contribution in [1.29, 1.82) is 5.26 Å². The van der Waals surface area contributed by atoms with Crippen LogP contribution < -0.4 is 10.2 Å². The molecule has 3 rings (SSSR count). The fraction of sp³-hybridized carbons (Fsp3) is 0.462. The van der Waals surface area contributed by atoms with Gasteiger partial charge in [-0.3, -0.25) is 0 Å². The fourth-order valence-electron chi connectivity index (χ4n) is 2.88. The molecular weight excluding hydrogens is 236 g/mol. The standard InChI is InChI=1S/C13H13F2N3/c14-11-3-8(5-16)13(4-12(11)15)18-6-9-1-2-10(7-18)17-9/h3-4,9-10,17H,1-2,6-7H2. The molecule has 94 valence electrons. The molecule has 2 heterocycles. The Morgan fingerprint density at radius 3 is 2.39 bits per heavy atom. The van der Waals surface area contributed by atoms with Crippen molar-refractivity contribution in [3.05, 3.63) is 29.3 Å². The Kier molecular flexibility index (Phi) is 2.67. The minimum absolute atomic E-state index is 0.204. The van der Waals surface area contributed by atoms with Gasteiger partial charge in [0.15, 0.2) is 11.6 Å². The van der Waals surface area contributed by atoms with Crippen LogP contribution in [0.4, 0.5) is 14.5 Å². The molecule has 1 N–H and O–H groups in total. The number of halogens is 2. The molecule has 5 heteroatoms. The fourth-order valence-corrected chi connectivity index (χ4v) is 2.88. The zero-order valence-electron chi connectivity index (χ0n) is 9.79. The van der Waals surface area contributed by atoms with E-state index >= 15 is 0 Å². The summed E-state index contributed by atoms with van der Waals surface area (Å²) in [6, 6.07) is 4.84. The second kappa shape index (κ2) is 4.21. The van der Waals surface area contributed by atoms with Gasteiger partial charge in [0.1, 0.15) is 6.07 Å². The lowest BCUT2D eigenvalue weighted by atomic mass is 10.1. The first-order valence-electron chi connectivity index (χ1n) is 6.07. The van der Waals surface area contributed by atoms with Gasteiger partial charge in [0.25, 0.3) is 0 Å².